The van der Waals surface area contributed by atoms with Crippen LogP contribution in [0.15, 0.2) is 0 Å². The van der Waals surface area contributed by atoms with Gasteiger partial charge in [-0.05, 0) is 25.7 Å². The molecule has 0 fully saturated rings. The number of rotatable bonds is 5. The first-order valence-electron chi connectivity index (χ1n) is 7.07. The molecule has 1 unspecified atom stereocenters. The third-order valence-corrected chi connectivity index (χ3v) is 3.76. The lowest BCUT2D eigenvalue weighted by atomic mass is 9.97. The molecule has 3 N–H and O–H groups in total. The van der Waals surface area contributed by atoms with E-state index in [-0.39, 0.29) is 0 Å². The fourth-order valence-electron chi connectivity index (χ4n) is 2.84. The Morgan fingerprint density at radius 1 is 1.35 bits per heavy atom. The van der Waals surface area contributed by atoms with Crippen LogP contribution in [0.4, 0.5) is 0 Å². The van der Waals surface area contributed by atoms with Gasteiger partial charge < -0.3 is 10.7 Å². The zero-order chi connectivity index (χ0) is 12.3. The lowest BCUT2D eigenvalue weighted by molar-refractivity contribution is 0.537. The predicted molar refractivity (Wildman–Crippen MR) is 71.1 cm³/mol. The molecule has 0 amide bonds. The molecule has 0 aromatic carbocycles. The number of nitrogens with one attached hydrogen (secondary N) is 1. The smallest absolute Gasteiger partial charge is 0.109 e. The number of hydrogen-bond acceptors (Lipinski definition) is 2. The lowest BCUT2D eigenvalue weighted by Gasteiger charge is -2.16. The molecule has 0 bridgehead atoms. The predicted octanol–water partition coefficient (Wildman–Crippen LogP) is 2.91. The van der Waals surface area contributed by atoms with E-state index < -0.39 is 0 Å². The van der Waals surface area contributed by atoms with Gasteiger partial charge in [0.25, 0.3) is 0 Å². The molecule has 1 atom stereocenters. The molecule has 2 rings (SSSR count). The Kier molecular flexibility index (Phi) is 4.21. The van der Waals surface area contributed by atoms with Gasteiger partial charge in [0.2, 0.25) is 0 Å². The highest BCUT2D eigenvalue weighted by molar-refractivity contribution is 5.21. The van der Waals surface area contributed by atoms with Crippen molar-refractivity contribution in [1.82, 2.24) is 9.97 Å². The Hall–Kier alpha value is -0.830. The van der Waals surface area contributed by atoms with Crippen molar-refractivity contribution in [2.75, 3.05) is 0 Å². The highest BCUT2D eigenvalue weighted by atomic mass is 15.0. The van der Waals surface area contributed by atoms with Crippen molar-refractivity contribution < 1.29 is 0 Å². The molecule has 1 aliphatic rings. The minimum absolute atomic E-state index is 0.326. The zero-order valence-electron chi connectivity index (χ0n) is 11.1. The Morgan fingerprint density at radius 2 is 2.06 bits per heavy atom. The largest absolute Gasteiger partial charge is 0.345 e. The second kappa shape index (κ2) is 5.67. The van der Waals surface area contributed by atoms with Gasteiger partial charge in [0.05, 0.1) is 5.69 Å². The van der Waals surface area contributed by atoms with E-state index in [9.17, 15) is 0 Å². The van der Waals surface area contributed by atoms with E-state index in [0.717, 1.165) is 19.3 Å². The van der Waals surface area contributed by atoms with E-state index in [1.54, 1.807) is 0 Å². The van der Waals surface area contributed by atoms with Crippen LogP contribution < -0.4 is 5.73 Å². The van der Waals surface area contributed by atoms with Gasteiger partial charge in [-0.15, -0.1) is 0 Å². The van der Waals surface area contributed by atoms with Crippen molar-refractivity contribution in [1.29, 1.82) is 0 Å². The molecule has 0 radical (unpaired) electrons. The van der Waals surface area contributed by atoms with E-state index in [1.807, 2.05) is 0 Å². The Labute approximate surface area is 104 Å². The molecule has 3 nitrogen and oxygen atoms in total. The number of fused-ring (bicyclic) bond motifs is 1. The molecule has 96 valence electrons. The van der Waals surface area contributed by atoms with E-state index in [1.165, 1.54) is 42.9 Å². The highest BCUT2D eigenvalue weighted by Gasteiger charge is 2.22. The first kappa shape index (κ1) is 12.6. The third-order valence-electron chi connectivity index (χ3n) is 3.76. The van der Waals surface area contributed by atoms with Crippen molar-refractivity contribution in [3.8, 4) is 0 Å². The molecular formula is C14H25N3. The molecule has 0 saturated carbocycles. The molecule has 1 aromatic heterocycles. The van der Waals surface area contributed by atoms with E-state index in [0.29, 0.717) is 12.0 Å². The first-order valence-corrected chi connectivity index (χ1v) is 7.07. The van der Waals surface area contributed by atoms with Crippen LogP contribution in [0.3, 0.4) is 0 Å². The summed E-state index contributed by atoms with van der Waals surface area (Å²) in [6.45, 7) is 4.50. The fourth-order valence-corrected chi connectivity index (χ4v) is 2.84. The summed E-state index contributed by atoms with van der Waals surface area (Å²) in [6, 6.07) is 0.326. The first-order chi connectivity index (χ1) is 8.24. The summed E-state index contributed by atoms with van der Waals surface area (Å²) < 4.78 is 0. The van der Waals surface area contributed by atoms with Crippen LogP contribution in [0, 0.1) is 0 Å². The van der Waals surface area contributed by atoms with Crippen LogP contribution in [0.25, 0.3) is 0 Å². The zero-order valence-corrected chi connectivity index (χ0v) is 11.1. The summed E-state index contributed by atoms with van der Waals surface area (Å²) in [5, 5.41) is 0. The summed E-state index contributed by atoms with van der Waals surface area (Å²) in [5.41, 5.74) is 8.58. The molecular weight excluding hydrogens is 210 g/mol. The van der Waals surface area contributed by atoms with Crippen LogP contribution in [-0.2, 0) is 12.8 Å². The number of aromatic nitrogens is 2. The number of H-pyrrole nitrogens is 1. The summed E-state index contributed by atoms with van der Waals surface area (Å²) in [4.78, 5) is 8.35. The average Bonchev–Trinajstić information content (AvgIpc) is 2.71. The molecule has 1 aliphatic carbocycles. The van der Waals surface area contributed by atoms with E-state index >= 15 is 0 Å². The fraction of sp³-hybridized carbons (Fsp3) is 0.786. The maximum absolute atomic E-state index is 6.00. The standard InChI is InChI=1S/C14H25N3/c1-3-5-10(6-4-2)14-16-12-8-7-11(15)9-13(12)17-14/h10-11H,3-9,15H2,1-2H3,(H,16,17). The molecule has 17 heavy (non-hydrogen) atoms. The SMILES string of the molecule is CCCC(CCC)c1nc2c([nH]1)CC(N)CC2. The van der Waals surface area contributed by atoms with Crippen molar-refractivity contribution in [2.24, 2.45) is 5.73 Å². The molecule has 0 aliphatic heterocycles. The minimum Gasteiger partial charge on any atom is -0.345 e. The van der Waals surface area contributed by atoms with Gasteiger partial charge in [0.1, 0.15) is 5.82 Å². The maximum atomic E-state index is 6.00. The number of nitrogens with zero attached hydrogens (tertiary/aromatic N) is 1. The number of aryl methyl sites for hydroxylation is 1. The van der Waals surface area contributed by atoms with Crippen LogP contribution in [0.5, 0.6) is 0 Å². The minimum atomic E-state index is 0.326. The maximum Gasteiger partial charge on any atom is 0.109 e. The van der Waals surface area contributed by atoms with Crippen LogP contribution in [0.2, 0.25) is 0 Å². The topological polar surface area (TPSA) is 54.7 Å². The Morgan fingerprint density at radius 3 is 2.71 bits per heavy atom. The van der Waals surface area contributed by atoms with Crippen molar-refractivity contribution in [3.05, 3.63) is 17.2 Å². The second-order valence-electron chi connectivity index (χ2n) is 5.32. The van der Waals surface area contributed by atoms with Crippen molar-refractivity contribution >= 4 is 0 Å². The molecule has 1 heterocycles. The van der Waals surface area contributed by atoms with Gasteiger partial charge in [-0.1, -0.05) is 26.7 Å². The number of imidazole rings is 1. The molecule has 0 saturated heterocycles. The quantitative estimate of drug-likeness (QED) is 0.824. The van der Waals surface area contributed by atoms with Crippen LogP contribution in [0.1, 0.15) is 69.1 Å². The number of hydrogen-bond donors (Lipinski definition) is 2. The second-order valence-corrected chi connectivity index (χ2v) is 5.32. The van der Waals surface area contributed by atoms with Crippen molar-refractivity contribution in [2.45, 2.75) is 70.8 Å². The summed E-state index contributed by atoms with van der Waals surface area (Å²) in [6.07, 6.45) is 8.07. The average molecular weight is 235 g/mol. The van der Waals surface area contributed by atoms with Gasteiger partial charge in [-0.2, -0.15) is 0 Å². The molecule has 0 spiro atoms. The molecule has 1 aromatic rings. The third kappa shape index (κ3) is 2.89. The Balaban J connectivity index is 2.14. The summed E-state index contributed by atoms with van der Waals surface area (Å²) in [5.74, 6) is 1.83. The Bertz CT molecular complexity index is 350. The molecule has 3 heteroatoms. The summed E-state index contributed by atoms with van der Waals surface area (Å²) >= 11 is 0. The number of nitrogens with two attached hydrogens (primary N) is 1. The lowest BCUT2D eigenvalue weighted by Crippen LogP contribution is -2.27. The van der Waals surface area contributed by atoms with Gasteiger partial charge >= 0.3 is 0 Å². The van der Waals surface area contributed by atoms with Crippen molar-refractivity contribution in [3.63, 3.8) is 0 Å². The normalized spacial score (nSPS) is 19.6. The highest BCUT2D eigenvalue weighted by Crippen LogP contribution is 2.27. The van der Waals surface area contributed by atoms with Gasteiger partial charge in [-0.25, -0.2) is 4.98 Å². The van der Waals surface area contributed by atoms with Gasteiger partial charge in [0, 0.05) is 24.1 Å². The van der Waals surface area contributed by atoms with E-state index in [2.05, 4.69) is 18.8 Å². The van der Waals surface area contributed by atoms with Gasteiger partial charge in [-0.3, -0.25) is 0 Å². The van der Waals surface area contributed by atoms with Crippen LogP contribution in [-0.4, -0.2) is 16.0 Å². The monoisotopic (exact) mass is 235 g/mol. The number of aromatic amines is 1. The van der Waals surface area contributed by atoms with Gasteiger partial charge in [0.15, 0.2) is 0 Å². The van der Waals surface area contributed by atoms with E-state index in [4.69, 9.17) is 10.7 Å². The van der Waals surface area contributed by atoms with Crippen LogP contribution >= 0.6 is 0 Å². The summed E-state index contributed by atoms with van der Waals surface area (Å²) in [7, 11) is 0.